The zero-order valence-corrected chi connectivity index (χ0v) is 9.04. The fourth-order valence-electron chi connectivity index (χ4n) is 1.18. The Kier molecular flexibility index (Phi) is 5.12. The Morgan fingerprint density at radius 3 is 2.50 bits per heavy atom. The average Bonchev–Trinajstić information content (AvgIpc) is 2.20. The summed E-state index contributed by atoms with van der Waals surface area (Å²) in [5.74, 6) is 0. The summed E-state index contributed by atoms with van der Waals surface area (Å²) < 4.78 is 2.20. The van der Waals surface area contributed by atoms with E-state index in [1.165, 1.54) is 5.56 Å². The number of hydrogen-bond acceptors (Lipinski definition) is 2. The second-order valence-electron chi connectivity index (χ2n) is 2.87. The van der Waals surface area contributed by atoms with Crippen LogP contribution in [0.5, 0.6) is 0 Å². The molecule has 0 aromatic heterocycles. The average molecular weight is 205 g/mol. The van der Waals surface area contributed by atoms with E-state index in [2.05, 4.69) is 41.7 Å². The molecule has 1 nitrogen and oxygen atoms in total. The van der Waals surface area contributed by atoms with E-state index in [0.29, 0.717) is 0 Å². The number of rotatable bonds is 6. The Morgan fingerprint density at radius 2 is 1.93 bits per heavy atom. The van der Waals surface area contributed by atoms with E-state index in [1.54, 1.807) is 11.9 Å². The smallest absolute Gasteiger partial charge is 0.0347 e. The van der Waals surface area contributed by atoms with Crippen LogP contribution < -0.4 is 0 Å². The van der Waals surface area contributed by atoms with Gasteiger partial charge in [0.15, 0.2) is 0 Å². The molecule has 0 radical (unpaired) electrons. The van der Waals surface area contributed by atoms with E-state index in [4.69, 9.17) is 0 Å². The van der Waals surface area contributed by atoms with Gasteiger partial charge in [-0.2, -0.15) is 0 Å². The van der Waals surface area contributed by atoms with Crippen molar-refractivity contribution in [1.29, 1.82) is 0 Å². The molecule has 1 rings (SSSR count). The lowest BCUT2D eigenvalue weighted by atomic mass is 10.2. The monoisotopic (exact) mass is 205 g/mol. The number of nitrogens with zero attached hydrogens (tertiary/aromatic N) is 1. The van der Waals surface area contributed by atoms with Gasteiger partial charge in [-0.25, -0.2) is 4.31 Å². The molecule has 0 spiro atoms. The maximum Gasteiger partial charge on any atom is 0.0347 e. The molecule has 0 heterocycles. The molecule has 0 aliphatic rings. The molecule has 0 atom stereocenters. The first-order valence-electron chi connectivity index (χ1n) is 4.54. The summed E-state index contributed by atoms with van der Waals surface area (Å²) in [5.41, 5.74) is 1.31. The minimum absolute atomic E-state index is 0.867. The van der Waals surface area contributed by atoms with Crippen molar-refractivity contribution in [3.63, 3.8) is 0 Å². The van der Waals surface area contributed by atoms with Crippen LogP contribution in [0.4, 0.5) is 0 Å². The van der Waals surface area contributed by atoms with Gasteiger partial charge < -0.3 is 0 Å². The third-order valence-corrected chi connectivity index (χ3v) is 2.48. The van der Waals surface area contributed by atoms with Gasteiger partial charge in [0.1, 0.15) is 0 Å². The highest BCUT2D eigenvalue weighted by molar-refractivity contribution is 7.99. The van der Waals surface area contributed by atoms with Crippen LogP contribution in [-0.4, -0.2) is 10.8 Å². The van der Waals surface area contributed by atoms with Crippen LogP contribution in [0.1, 0.15) is 5.56 Å². The van der Waals surface area contributed by atoms with Crippen molar-refractivity contribution in [1.82, 2.24) is 4.31 Å². The van der Waals surface area contributed by atoms with Gasteiger partial charge in [-0.1, -0.05) is 54.9 Å². The minimum atomic E-state index is 0.867. The van der Waals surface area contributed by atoms with Crippen molar-refractivity contribution < 1.29 is 0 Å². The molecule has 0 bridgehead atoms. The van der Waals surface area contributed by atoms with Gasteiger partial charge in [0, 0.05) is 13.1 Å². The van der Waals surface area contributed by atoms with Crippen LogP contribution >= 0.6 is 11.9 Å². The predicted molar refractivity (Wildman–Crippen MR) is 64.8 cm³/mol. The molecule has 0 fully saturated rings. The van der Waals surface area contributed by atoms with Crippen LogP contribution in [-0.2, 0) is 6.54 Å². The first kappa shape index (κ1) is 11.1. The number of benzene rings is 1. The predicted octanol–water partition coefficient (Wildman–Crippen LogP) is 3.47. The Hall–Kier alpha value is -0.990. The summed E-state index contributed by atoms with van der Waals surface area (Å²) in [4.78, 5) is 0. The molecule has 1 aromatic carbocycles. The Morgan fingerprint density at radius 1 is 1.21 bits per heavy atom. The van der Waals surface area contributed by atoms with Gasteiger partial charge in [-0.3, -0.25) is 0 Å². The zero-order chi connectivity index (χ0) is 10.2. The third kappa shape index (κ3) is 3.81. The summed E-state index contributed by atoms with van der Waals surface area (Å²) in [7, 11) is 0. The normalized spacial score (nSPS) is 10.1. The Labute approximate surface area is 90.3 Å². The van der Waals surface area contributed by atoms with E-state index >= 15 is 0 Å². The van der Waals surface area contributed by atoms with E-state index in [1.807, 2.05) is 17.6 Å². The lowest BCUT2D eigenvalue weighted by Gasteiger charge is -2.16. The molecular weight excluding hydrogens is 190 g/mol. The second-order valence-corrected chi connectivity index (χ2v) is 3.93. The molecule has 1 aromatic rings. The fourth-order valence-corrected chi connectivity index (χ4v) is 1.81. The molecule has 0 amide bonds. The lowest BCUT2D eigenvalue weighted by Crippen LogP contribution is -2.13. The van der Waals surface area contributed by atoms with Crippen LogP contribution in [0.25, 0.3) is 0 Å². The Balaban J connectivity index is 2.54. The lowest BCUT2D eigenvalue weighted by molar-refractivity contribution is 0.520. The molecule has 0 aliphatic heterocycles. The molecule has 0 saturated heterocycles. The topological polar surface area (TPSA) is 3.24 Å². The highest BCUT2D eigenvalue weighted by atomic mass is 32.2. The molecule has 0 N–H and O–H groups in total. The standard InChI is InChI=1S/C12H15NS/c1-3-10-13(14-4-2)11-12-8-6-5-7-9-12/h3-9H,1-2,10-11H2. The van der Waals surface area contributed by atoms with Gasteiger partial charge in [0.2, 0.25) is 0 Å². The van der Waals surface area contributed by atoms with Crippen molar-refractivity contribution in [3.05, 3.63) is 60.5 Å². The van der Waals surface area contributed by atoms with Gasteiger partial charge >= 0.3 is 0 Å². The highest BCUT2D eigenvalue weighted by Crippen LogP contribution is 2.14. The maximum absolute atomic E-state index is 3.74. The SMILES string of the molecule is C=CCN(Cc1ccccc1)SC=C. The minimum Gasteiger partial charge on any atom is -0.239 e. The first-order valence-corrected chi connectivity index (χ1v) is 5.38. The van der Waals surface area contributed by atoms with Crippen molar-refractivity contribution in [2.24, 2.45) is 0 Å². The molecule has 2 heteroatoms. The van der Waals surface area contributed by atoms with E-state index in [0.717, 1.165) is 13.1 Å². The van der Waals surface area contributed by atoms with Crippen LogP contribution in [0.15, 0.2) is 55.0 Å². The summed E-state index contributed by atoms with van der Waals surface area (Å²) >= 11 is 1.62. The van der Waals surface area contributed by atoms with Crippen molar-refractivity contribution >= 4 is 11.9 Å². The molecule has 0 aliphatic carbocycles. The summed E-state index contributed by atoms with van der Waals surface area (Å²) in [6.45, 7) is 9.23. The van der Waals surface area contributed by atoms with E-state index < -0.39 is 0 Å². The second kappa shape index (κ2) is 6.46. The highest BCUT2D eigenvalue weighted by Gasteiger charge is 2.01. The Bertz CT molecular complexity index is 272. The molecule has 0 saturated carbocycles. The van der Waals surface area contributed by atoms with Crippen molar-refractivity contribution in [2.45, 2.75) is 6.54 Å². The third-order valence-electron chi connectivity index (χ3n) is 1.76. The van der Waals surface area contributed by atoms with E-state index in [9.17, 15) is 0 Å². The maximum atomic E-state index is 3.74. The first-order chi connectivity index (χ1) is 6.86. The van der Waals surface area contributed by atoms with Gasteiger partial charge in [0.05, 0.1) is 0 Å². The molecular formula is C12H15NS. The number of hydrogen-bond donors (Lipinski definition) is 0. The molecule has 14 heavy (non-hydrogen) atoms. The largest absolute Gasteiger partial charge is 0.239 e. The zero-order valence-electron chi connectivity index (χ0n) is 8.23. The summed E-state index contributed by atoms with van der Waals surface area (Å²) in [5, 5.41) is 1.84. The quantitative estimate of drug-likeness (QED) is 0.517. The van der Waals surface area contributed by atoms with Crippen molar-refractivity contribution in [2.75, 3.05) is 6.54 Å². The molecule has 74 valence electrons. The van der Waals surface area contributed by atoms with Gasteiger partial charge in [0.25, 0.3) is 0 Å². The summed E-state index contributed by atoms with van der Waals surface area (Å²) in [6, 6.07) is 10.4. The van der Waals surface area contributed by atoms with Crippen molar-refractivity contribution in [3.8, 4) is 0 Å². The molecule has 0 unspecified atom stereocenters. The fraction of sp³-hybridized carbons (Fsp3) is 0.167. The van der Waals surface area contributed by atoms with Gasteiger partial charge in [-0.15, -0.1) is 6.58 Å². The van der Waals surface area contributed by atoms with Crippen LogP contribution in [0.3, 0.4) is 0 Å². The van der Waals surface area contributed by atoms with Gasteiger partial charge in [-0.05, 0) is 11.0 Å². The van der Waals surface area contributed by atoms with Crippen LogP contribution in [0, 0.1) is 0 Å². The van der Waals surface area contributed by atoms with Crippen LogP contribution in [0.2, 0.25) is 0 Å². The summed E-state index contributed by atoms with van der Waals surface area (Å²) in [6.07, 6.45) is 1.90. The van der Waals surface area contributed by atoms with E-state index in [-0.39, 0.29) is 0 Å².